The third-order valence-corrected chi connectivity index (χ3v) is 2.89. The topological polar surface area (TPSA) is 52.5 Å². The Morgan fingerprint density at radius 3 is 2.54 bits per heavy atom. The molecule has 3 N–H and O–H groups in total. The average molecular weight is 185 g/mol. The minimum Gasteiger partial charge on any atom is -0.396 e. The Morgan fingerprint density at radius 2 is 2.23 bits per heavy atom. The number of rotatable bonds is 5. The molecule has 1 atom stereocenters. The first-order valence-electron chi connectivity index (χ1n) is 4.77. The van der Waals surface area contributed by atoms with E-state index in [9.17, 15) is 5.11 Å². The third kappa shape index (κ3) is 2.53. The van der Waals surface area contributed by atoms with Crippen LogP contribution in [-0.4, -0.2) is 29.6 Å². The summed E-state index contributed by atoms with van der Waals surface area (Å²) in [7, 11) is 0. The van der Waals surface area contributed by atoms with Gasteiger partial charge in [-0.25, -0.2) is 0 Å². The normalized spacial score (nSPS) is 22.1. The van der Waals surface area contributed by atoms with E-state index in [4.69, 9.17) is 5.11 Å². The van der Waals surface area contributed by atoms with Crippen LogP contribution in [0.25, 0.3) is 0 Å². The number of aliphatic hydroxyl groups excluding tert-OH is 2. The van der Waals surface area contributed by atoms with Crippen molar-refractivity contribution in [3.8, 4) is 0 Å². The molecule has 0 saturated heterocycles. The van der Waals surface area contributed by atoms with Crippen molar-refractivity contribution < 1.29 is 10.2 Å². The van der Waals surface area contributed by atoms with Gasteiger partial charge in [-0.3, -0.25) is 5.32 Å². The van der Waals surface area contributed by atoms with E-state index in [-0.39, 0.29) is 12.0 Å². The van der Waals surface area contributed by atoms with Gasteiger partial charge in [0.25, 0.3) is 0 Å². The Hall–Kier alpha value is -0.380. The summed E-state index contributed by atoms with van der Waals surface area (Å²) < 4.78 is 0. The summed E-state index contributed by atoms with van der Waals surface area (Å²) in [6, 6.07) is 0. The fourth-order valence-electron chi connectivity index (χ4n) is 1.55. The number of aliphatic hydroxyl groups is 2. The van der Waals surface area contributed by atoms with Crippen molar-refractivity contribution in [3.05, 3.63) is 12.2 Å². The molecule has 0 aliphatic heterocycles. The van der Waals surface area contributed by atoms with E-state index < -0.39 is 6.23 Å². The molecule has 0 bridgehead atoms. The lowest BCUT2D eigenvalue weighted by Crippen LogP contribution is -2.46. The minimum atomic E-state index is -0.635. The first-order chi connectivity index (χ1) is 6.09. The van der Waals surface area contributed by atoms with Gasteiger partial charge in [0.15, 0.2) is 0 Å². The second-order valence-electron chi connectivity index (χ2n) is 4.14. The molecule has 1 fully saturated rings. The summed E-state index contributed by atoms with van der Waals surface area (Å²) in [5.74, 6) is 0. The van der Waals surface area contributed by atoms with Crippen molar-refractivity contribution in [2.75, 3.05) is 13.2 Å². The maximum Gasteiger partial charge on any atom is 0.126 e. The van der Waals surface area contributed by atoms with Crippen molar-refractivity contribution in [3.63, 3.8) is 0 Å². The highest BCUT2D eigenvalue weighted by atomic mass is 16.3. The van der Waals surface area contributed by atoms with Crippen molar-refractivity contribution in [2.45, 2.75) is 32.4 Å². The van der Waals surface area contributed by atoms with Gasteiger partial charge in [0, 0.05) is 18.6 Å². The van der Waals surface area contributed by atoms with E-state index >= 15 is 0 Å². The van der Waals surface area contributed by atoms with Gasteiger partial charge in [0.1, 0.15) is 6.23 Å². The molecule has 0 radical (unpaired) electrons. The number of hydrogen-bond acceptors (Lipinski definition) is 3. The SMILES string of the molecule is C=C(C)C(O)NCC1(CO)CCC1. The summed E-state index contributed by atoms with van der Waals surface area (Å²) in [4.78, 5) is 0. The van der Waals surface area contributed by atoms with Crippen LogP contribution < -0.4 is 5.32 Å². The quantitative estimate of drug-likeness (QED) is 0.435. The number of nitrogens with one attached hydrogen (secondary N) is 1. The summed E-state index contributed by atoms with van der Waals surface area (Å²) in [6.45, 7) is 6.32. The molecular formula is C10H19NO2. The predicted octanol–water partition coefficient (Wildman–Crippen LogP) is 0.633. The standard InChI is InChI=1S/C10H19NO2/c1-8(2)9(13)11-6-10(7-12)4-3-5-10/h9,11-13H,1,3-7H2,2H3. The summed E-state index contributed by atoms with van der Waals surface area (Å²) in [5.41, 5.74) is 0.739. The van der Waals surface area contributed by atoms with Gasteiger partial charge in [-0.2, -0.15) is 0 Å². The van der Waals surface area contributed by atoms with Gasteiger partial charge in [0.05, 0.1) is 0 Å². The molecule has 3 heteroatoms. The molecule has 76 valence electrons. The first-order valence-corrected chi connectivity index (χ1v) is 4.77. The lowest BCUT2D eigenvalue weighted by Gasteiger charge is -2.41. The first kappa shape index (κ1) is 10.7. The highest BCUT2D eigenvalue weighted by Gasteiger charge is 2.36. The van der Waals surface area contributed by atoms with E-state index in [1.807, 2.05) is 0 Å². The van der Waals surface area contributed by atoms with Crippen LogP contribution >= 0.6 is 0 Å². The van der Waals surface area contributed by atoms with Gasteiger partial charge in [-0.15, -0.1) is 0 Å². The van der Waals surface area contributed by atoms with Crippen LogP contribution in [0.2, 0.25) is 0 Å². The van der Waals surface area contributed by atoms with Crippen LogP contribution in [0.1, 0.15) is 26.2 Å². The van der Waals surface area contributed by atoms with Crippen LogP contribution in [0.15, 0.2) is 12.2 Å². The van der Waals surface area contributed by atoms with E-state index in [0.29, 0.717) is 12.1 Å². The Bertz CT molecular complexity index is 182. The van der Waals surface area contributed by atoms with E-state index in [2.05, 4.69) is 11.9 Å². The lowest BCUT2D eigenvalue weighted by atomic mass is 9.69. The Morgan fingerprint density at radius 1 is 1.62 bits per heavy atom. The lowest BCUT2D eigenvalue weighted by molar-refractivity contribution is 0.0299. The second-order valence-corrected chi connectivity index (χ2v) is 4.14. The molecular weight excluding hydrogens is 166 g/mol. The molecule has 0 amide bonds. The zero-order valence-electron chi connectivity index (χ0n) is 8.21. The van der Waals surface area contributed by atoms with E-state index in [1.54, 1.807) is 6.92 Å². The molecule has 1 saturated carbocycles. The maximum atomic E-state index is 9.41. The zero-order chi connectivity index (χ0) is 9.90. The third-order valence-electron chi connectivity index (χ3n) is 2.89. The van der Waals surface area contributed by atoms with E-state index in [0.717, 1.165) is 12.8 Å². The number of hydrogen-bond donors (Lipinski definition) is 3. The molecule has 0 aromatic carbocycles. The molecule has 1 aliphatic rings. The summed E-state index contributed by atoms with van der Waals surface area (Å²) >= 11 is 0. The maximum absolute atomic E-state index is 9.41. The highest BCUT2D eigenvalue weighted by molar-refractivity contribution is 4.97. The zero-order valence-corrected chi connectivity index (χ0v) is 8.21. The van der Waals surface area contributed by atoms with Gasteiger partial charge in [0.2, 0.25) is 0 Å². The van der Waals surface area contributed by atoms with Crippen molar-refractivity contribution in [2.24, 2.45) is 5.41 Å². The monoisotopic (exact) mass is 185 g/mol. The molecule has 1 unspecified atom stereocenters. The van der Waals surface area contributed by atoms with Gasteiger partial charge >= 0.3 is 0 Å². The second kappa shape index (κ2) is 4.22. The van der Waals surface area contributed by atoms with Crippen LogP contribution in [-0.2, 0) is 0 Å². The summed E-state index contributed by atoms with van der Waals surface area (Å²) in [6.07, 6.45) is 2.66. The minimum absolute atomic E-state index is 0.0242. The van der Waals surface area contributed by atoms with Crippen LogP contribution in [0.5, 0.6) is 0 Å². The van der Waals surface area contributed by atoms with Crippen LogP contribution in [0, 0.1) is 5.41 Å². The fourth-order valence-corrected chi connectivity index (χ4v) is 1.55. The van der Waals surface area contributed by atoms with Gasteiger partial charge < -0.3 is 10.2 Å². The largest absolute Gasteiger partial charge is 0.396 e. The average Bonchev–Trinajstić information content (AvgIpc) is 2.02. The van der Waals surface area contributed by atoms with Crippen molar-refractivity contribution >= 4 is 0 Å². The summed E-state index contributed by atoms with van der Waals surface area (Å²) in [5, 5.41) is 21.5. The van der Waals surface area contributed by atoms with Crippen molar-refractivity contribution in [1.82, 2.24) is 5.32 Å². The predicted molar refractivity (Wildman–Crippen MR) is 52.2 cm³/mol. The molecule has 0 heterocycles. The molecule has 0 aromatic rings. The molecule has 13 heavy (non-hydrogen) atoms. The fraction of sp³-hybridized carbons (Fsp3) is 0.800. The van der Waals surface area contributed by atoms with Gasteiger partial charge in [-0.05, 0) is 25.3 Å². The molecule has 0 spiro atoms. The highest BCUT2D eigenvalue weighted by Crippen LogP contribution is 2.39. The molecule has 1 aliphatic carbocycles. The van der Waals surface area contributed by atoms with Crippen LogP contribution in [0.4, 0.5) is 0 Å². The molecule has 1 rings (SSSR count). The smallest absolute Gasteiger partial charge is 0.126 e. The van der Waals surface area contributed by atoms with E-state index in [1.165, 1.54) is 6.42 Å². The Labute approximate surface area is 79.5 Å². The molecule has 0 aromatic heterocycles. The Balaban J connectivity index is 2.28. The van der Waals surface area contributed by atoms with Crippen LogP contribution in [0.3, 0.4) is 0 Å². The van der Waals surface area contributed by atoms with Crippen molar-refractivity contribution in [1.29, 1.82) is 0 Å². The molecule has 3 nitrogen and oxygen atoms in total. The van der Waals surface area contributed by atoms with Gasteiger partial charge in [-0.1, -0.05) is 13.0 Å². The Kier molecular flexibility index (Phi) is 3.47.